The van der Waals surface area contributed by atoms with Crippen molar-refractivity contribution in [1.29, 1.82) is 0 Å². The van der Waals surface area contributed by atoms with E-state index in [1.54, 1.807) is 0 Å². The van der Waals surface area contributed by atoms with Crippen molar-refractivity contribution in [1.82, 2.24) is 0 Å². The maximum absolute atomic E-state index is 12.5. The van der Waals surface area contributed by atoms with Crippen LogP contribution in [0.15, 0.2) is 11.6 Å². The lowest BCUT2D eigenvalue weighted by Gasteiger charge is -2.52. The van der Waals surface area contributed by atoms with Crippen LogP contribution in [-0.4, -0.2) is 17.9 Å². The summed E-state index contributed by atoms with van der Waals surface area (Å²) < 4.78 is 5.41. The number of ketones is 1. The summed E-state index contributed by atoms with van der Waals surface area (Å²) in [5.74, 6) is 1.26. The summed E-state index contributed by atoms with van der Waals surface area (Å²) in [5, 5.41) is 0. The molecule has 3 heteroatoms. The molecule has 0 radical (unpaired) electrons. The van der Waals surface area contributed by atoms with Gasteiger partial charge in [0, 0.05) is 25.2 Å². The summed E-state index contributed by atoms with van der Waals surface area (Å²) in [6, 6.07) is 0. The molecule has 0 heterocycles. The molecule has 0 unspecified atom stereocenters. The standard InChI is InChI=1S/C18H26O3/c1-11-4-7-16-15(17(11)20)6-5-13-10-14(21-12(2)19)8-9-18(13,16)3/h5,11,14-16H,4,6-10H2,1-3H3/t11-,14-,15-,16+,18-/m0/s1. The highest BCUT2D eigenvalue weighted by Crippen LogP contribution is 2.56. The molecule has 5 atom stereocenters. The molecule has 3 aliphatic rings. The molecule has 0 saturated heterocycles. The van der Waals surface area contributed by atoms with E-state index in [1.807, 2.05) is 0 Å². The van der Waals surface area contributed by atoms with Crippen molar-refractivity contribution in [3.63, 3.8) is 0 Å². The molecule has 0 aromatic carbocycles. The van der Waals surface area contributed by atoms with E-state index in [2.05, 4.69) is 19.9 Å². The SMILES string of the molecule is CC(=O)O[C@H]1CC[C@@]2(C)C(=CC[C@@H]3C(=O)[C@@H](C)CC[C@H]32)C1. The predicted octanol–water partition coefficient (Wildman–Crippen LogP) is 3.67. The number of carbonyl (C=O) groups is 2. The molecule has 0 aromatic heterocycles. The van der Waals surface area contributed by atoms with Gasteiger partial charge in [-0.25, -0.2) is 0 Å². The Morgan fingerprint density at radius 2 is 2.10 bits per heavy atom. The van der Waals surface area contributed by atoms with Gasteiger partial charge < -0.3 is 4.74 Å². The molecule has 3 aliphatic carbocycles. The van der Waals surface area contributed by atoms with Crippen LogP contribution in [0.25, 0.3) is 0 Å². The third-order valence-electron chi connectivity index (χ3n) is 6.18. The van der Waals surface area contributed by atoms with Crippen LogP contribution in [0, 0.1) is 23.2 Å². The third-order valence-corrected chi connectivity index (χ3v) is 6.18. The Morgan fingerprint density at radius 3 is 2.81 bits per heavy atom. The van der Waals surface area contributed by atoms with Crippen molar-refractivity contribution in [2.45, 2.75) is 65.4 Å². The zero-order chi connectivity index (χ0) is 15.2. The van der Waals surface area contributed by atoms with Crippen molar-refractivity contribution >= 4 is 11.8 Å². The van der Waals surface area contributed by atoms with Gasteiger partial charge in [-0.05, 0) is 43.4 Å². The van der Waals surface area contributed by atoms with E-state index in [1.165, 1.54) is 18.9 Å². The first-order valence-corrected chi connectivity index (χ1v) is 8.32. The average Bonchev–Trinajstić information content (AvgIpc) is 2.42. The molecule has 3 rings (SSSR count). The zero-order valence-electron chi connectivity index (χ0n) is 13.4. The first-order valence-electron chi connectivity index (χ1n) is 8.32. The zero-order valence-corrected chi connectivity index (χ0v) is 13.4. The lowest BCUT2D eigenvalue weighted by molar-refractivity contribution is -0.148. The first-order chi connectivity index (χ1) is 9.91. The maximum atomic E-state index is 12.5. The fourth-order valence-electron chi connectivity index (χ4n) is 4.93. The minimum absolute atomic E-state index is 0.0385. The Bertz CT molecular complexity index is 493. The number of hydrogen-bond acceptors (Lipinski definition) is 3. The summed E-state index contributed by atoms with van der Waals surface area (Å²) in [6.45, 7) is 5.90. The van der Waals surface area contributed by atoms with E-state index in [0.717, 1.165) is 32.1 Å². The molecule has 0 aromatic rings. The minimum Gasteiger partial charge on any atom is -0.462 e. The van der Waals surface area contributed by atoms with Crippen molar-refractivity contribution < 1.29 is 14.3 Å². The number of Topliss-reactive ketones (excluding diaryl/α,β-unsaturated/α-hetero) is 1. The quantitative estimate of drug-likeness (QED) is 0.546. The number of allylic oxidation sites excluding steroid dienone is 1. The highest BCUT2D eigenvalue weighted by molar-refractivity contribution is 5.84. The molecule has 116 valence electrons. The lowest BCUT2D eigenvalue weighted by Crippen LogP contribution is -2.48. The molecular weight excluding hydrogens is 264 g/mol. The molecule has 2 fully saturated rings. The third kappa shape index (κ3) is 2.45. The van der Waals surface area contributed by atoms with E-state index in [9.17, 15) is 9.59 Å². The Kier molecular flexibility index (Phi) is 3.71. The molecule has 3 nitrogen and oxygen atoms in total. The van der Waals surface area contributed by atoms with Gasteiger partial charge in [-0.15, -0.1) is 0 Å². The van der Waals surface area contributed by atoms with Gasteiger partial charge in [0.15, 0.2) is 0 Å². The van der Waals surface area contributed by atoms with Crippen LogP contribution in [0.5, 0.6) is 0 Å². The van der Waals surface area contributed by atoms with Crippen molar-refractivity contribution in [2.75, 3.05) is 0 Å². The molecule has 0 amide bonds. The number of rotatable bonds is 1. The van der Waals surface area contributed by atoms with Crippen LogP contribution < -0.4 is 0 Å². The molecule has 0 spiro atoms. The Morgan fingerprint density at radius 1 is 1.33 bits per heavy atom. The van der Waals surface area contributed by atoms with Gasteiger partial charge >= 0.3 is 5.97 Å². The molecule has 21 heavy (non-hydrogen) atoms. The Balaban J connectivity index is 1.82. The van der Waals surface area contributed by atoms with Crippen LogP contribution in [0.1, 0.15) is 59.3 Å². The smallest absolute Gasteiger partial charge is 0.302 e. The number of hydrogen-bond donors (Lipinski definition) is 0. The second-order valence-corrected chi connectivity index (χ2v) is 7.45. The van der Waals surface area contributed by atoms with Gasteiger partial charge in [-0.2, -0.15) is 0 Å². The van der Waals surface area contributed by atoms with E-state index in [4.69, 9.17) is 4.74 Å². The maximum Gasteiger partial charge on any atom is 0.302 e. The number of esters is 1. The van der Waals surface area contributed by atoms with Crippen LogP contribution in [0.4, 0.5) is 0 Å². The highest BCUT2D eigenvalue weighted by atomic mass is 16.5. The van der Waals surface area contributed by atoms with Crippen molar-refractivity contribution in [3.8, 4) is 0 Å². The second-order valence-electron chi connectivity index (χ2n) is 7.45. The largest absolute Gasteiger partial charge is 0.462 e. The minimum atomic E-state index is -0.181. The summed E-state index contributed by atoms with van der Waals surface area (Å²) >= 11 is 0. The topological polar surface area (TPSA) is 43.4 Å². The van der Waals surface area contributed by atoms with Gasteiger partial charge in [0.1, 0.15) is 11.9 Å². The second kappa shape index (κ2) is 5.26. The predicted molar refractivity (Wildman–Crippen MR) is 80.6 cm³/mol. The summed E-state index contributed by atoms with van der Waals surface area (Å²) in [6.07, 6.45) is 8.26. The van der Waals surface area contributed by atoms with Gasteiger partial charge in [0.25, 0.3) is 0 Å². The Hall–Kier alpha value is -1.12. The number of carbonyl (C=O) groups excluding carboxylic acids is 2. The molecular formula is C18H26O3. The summed E-state index contributed by atoms with van der Waals surface area (Å²) in [7, 11) is 0. The summed E-state index contributed by atoms with van der Waals surface area (Å²) in [5.41, 5.74) is 1.58. The number of ether oxygens (including phenoxy) is 1. The van der Waals surface area contributed by atoms with Gasteiger partial charge in [-0.1, -0.05) is 25.5 Å². The van der Waals surface area contributed by atoms with E-state index >= 15 is 0 Å². The fourth-order valence-corrected chi connectivity index (χ4v) is 4.93. The van der Waals surface area contributed by atoms with Gasteiger partial charge in [-0.3, -0.25) is 9.59 Å². The van der Waals surface area contributed by atoms with Gasteiger partial charge in [0.05, 0.1) is 0 Å². The normalized spacial score (nSPS) is 42.6. The van der Waals surface area contributed by atoms with Crippen LogP contribution >= 0.6 is 0 Å². The van der Waals surface area contributed by atoms with Crippen LogP contribution in [0.2, 0.25) is 0 Å². The lowest BCUT2D eigenvalue weighted by atomic mass is 9.52. The molecule has 0 bridgehead atoms. The average molecular weight is 290 g/mol. The van der Waals surface area contributed by atoms with Crippen LogP contribution in [-0.2, 0) is 14.3 Å². The van der Waals surface area contributed by atoms with Crippen LogP contribution in [0.3, 0.4) is 0 Å². The molecule has 2 saturated carbocycles. The van der Waals surface area contributed by atoms with E-state index < -0.39 is 0 Å². The monoisotopic (exact) mass is 290 g/mol. The molecule has 0 aliphatic heterocycles. The fraction of sp³-hybridized carbons (Fsp3) is 0.778. The molecule has 0 N–H and O–H groups in total. The van der Waals surface area contributed by atoms with Crippen molar-refractivity contribution in [2.24, 2.45) is 23.2 Å². The van der Waals surface area contributed by atoms with Gasteiger partial charge in [0.2, 0.25) is 0 Å². The van der Waals surface area contributed by atoms with E-state index in [-0.39, 0.29) is 29.3 Å². The van der Waals surface area contributed by atoms with E-state index in [0.29, 0.717) is 11.7 Å². The number of fused-ring (bicyclic) bond motifs is 3. The van der Waals surface area contributed by atoms with Crippen molar-refractivity contribution in [3.05, 3.63) is 11.6 Å². The first kappa shape index (κ1) is 14.8. The summed E-state index contributed by atoms with van der Waals surface area (Å²) in [4.78, 5) is 23.7. The Labute approximate surface area is 127 Å². The highest BCUT2D eigenvalue weighted by Gasteiger charge is 2.51.